The molecule has 0 unspecified atom stereocenters. The summed E-state index contributed by atoms with van der Waals surface area (Å²) in [7, 11) is 0. The number of benzene rings is 4. The van der Waals surface area contributed by atoms with Crippen LogP contribution in [0.1, 0.15) is 29.2 Å². The second-order valence-electron chi connectivity index (χ2n) is 10.0. The van der Waals surface area contributed by atoms with Crippen LogP contribution in [0.15, 0.2) is 103 Å². The van der Waals surface area contributed by atoms with Crippen molar-refractivity contribution in [3.05, 3.63) is 131 Å². The first-order valence-electron chi connectivity index (χ1n) is 13.8. The molecule has 8 nitrogen and oxygen atoms in total. The number of rotatable bonds is 14. The van der Waals surface area contributed by atoms with Gasteiger partial charge in [0.15, 0.2) is 11.5 Å². The van der Waals surface area contributed by atoms with E-state index in [1.54, 1.807) is 18.2 Å². The van der Waals surface area contributed by atoms with Gasteiger partial charge in [0.05, 0.1) is 0 Å². The molecule has 0 heterocycles. The Morgan fingerprint density at radius 3 is 1.77 bits per heavy atom. The summed E-state index contributed by atoms with van der Waals surface area (Å²) in [4.78, 5) is 37.1. The smallest absolute Gasteiger partial charge is 0.326 e. The quantitative estimate of drug-likeness (QED) is 0.195. The Labute approximate surface area is 249 Å². The molecule has 0 saturated carbocycles. The number of aliphatic carboxylic acids is 1. The molecule has 2 amide bonds. The minimum Gasteiger partial charge on any atom is -0.485 e. The maximum absolute atomic E-state index is 13.3. The van der Waals surface area contributed by atoms with Gasteiger partial charge in [0.25, 0.3) is 0 Å². The van der Waals surface area contributed by atoms with Crippen LogP contribution in [0, 0.1) is 5.82 Å². The molecule has 0 bridgehead atoms. The lowest BCUT2D eigenvalue weighted by atomic mass is 10.0. The van der Waals surface area contributed by atoms with Crippen LogP contribution >= 0.6 is 0 Å². The summed E-state index contributed by atoms with van der Waals surface area (Å²) in [6, 6.07) is 27.6. The van der Waals surface area contributed by atoms with E-state index in [0.29, 0.717) is 29.2 Å². The van der Waals surface area contributed by atoms with E-state index < -0.39 is 35.7 Å². The van der Waals surface area contributed by atoms with Crippen molar-refractivity contribution >= 4 is 17.8 Å². The van der Waals surface area contributed by atoms with Gasteiger partial charge < -0.3 is 25.2 Å². The minimum absolute atomic E-state index is 0.0505. The van der Waals surface area contributed by atoms with E-state index in [9.17, 15) is 23.9 Å². The van der Waals surface area contributed by atoms with Crippen LogP contribution in [-0.2, 0) is 40.4 Å². The van der Waals surface area contributed by atoms with E-state index in [2.05, 4.69) is 10.6 Å². The number of amides is 2. The molecule has 222 valence electrons. The maximum atomic E-state index is 13.3. The highest BCUT2D eigenvalue weighted by Crippen LogP contribution is 2.30. The SMILES string of the molecule is CC(=O)N[C@@H](Cc1ccc(F)cc1)C(=O)N[C@@H](Cc1ccc(OCc2ccccc2)c(OCc2ccccc2)c1)C(=O)O. The number of carboxylic acid groups (broad SMARTS) is 1. The molecule has 0 aliphatic heterocycles. The van der Waals surface area contributed by atoms with Crippen LogP contribution in [0.3, 0.4) is 0 Å². The fourth-order valence-electron chi connectivity index (χ4n) is 4.40. The molecule has 3 N–H and O–H groups in total. The lowest BCUT2D eigenvalue weighted by Gasteiger charge is -2.22. The third-order valence-corrected chi connectivity index (χ3v) is 6.58. The summed E-state index contributed by atoms with van der Waals surface area (Å²) in [5.74, 6) is -1.88. The third-order valence-electron chi connectivity index (χ3n) is 6.58. The summed E-state index contributed by atoms with van der Waals surface area (Å²) in [5.41, 5.74) is 3.12. The Bertz CT molecular complexity index is 1510. The summed E-state index contributed by atoms with van der Waals surface area (Å²) in [6.07, 6.45) is 0.00797. The van der Waals surface area contributed by atoms with Gasteiger partial charge in [-0.1, -0.05) is 78.9 Å². The first kappa shape index (κ1) is 30.8. The Balaban J connectivity index is 1.50. The number of carbonyl (C=O) groups excluding carboxylic acids is 2. The molecule has 0 aliphatic rings. The highest BCUT2D eigenvalue weighted by Gasteiger charge is 2.27. The molecule has 0 fully saturated rings. The Morgan fingerprint density at radius 1 is 0.674 bits per heavy atom. The second kappa shape index (κ2) is 15.2. The third kappa shape index (κ3) is 9.71. The maximum Gasteiger partial charge on any atom is 0.326 e. The van der Waals surface area contributed by atoms with Gasteiger partial charge in [0, 0.05) is 19.8 Å². The lowest BCUT2D eigenvalue weighted by molar-refractivity contribution is -0.142. The number of carboxylic acids is 1. The predicted octanol–water partition coefficient (Wildman–Crippen LogP) is 4.84. The standard InChI is InChI=1S/C34H33FN2O6/c1-23(38)36-29(18-24-12-15-28(35)16-13-24)33(39)37-30(34(40)41)19-27-14-17-31(42-21-25-8-4-2-5-9-25)32(20-27)43-22-26-10-6-3-7-11-26/h2-17,20,29-30H,18-19,21-22H2,1H3,(H,36,38)(H,37,39)(H,40,41)/t29-,30-/m0/s1. The molecule has 4 rings (SSSR count). The van der Waals surface area contributed by atoms with E-state index in [-0.39, 0.29) is 19.4 Å². The molecule has 0 saturated heterocycles. The summed E-state index contributed by atoms with van der Waals surface area (Å²) in [5, 5.41) is 15.0. The van der Waals surface area contributed by atoms with Crippen LogP contribution in [0.5, 0.6) is 11.5 Å². The molecular weight excluding hydrogens is 551 g/mol. The Kier molecular flexibility index (Phi) is 10.9. The molecule has 0 radical (unpaired) electrons. The lowest BCUT2D eigenvalue weighted by Crippen LogP contribution is -2.52. The van der Waals surface area contributed by atoms with Crippen molar-refractivity contribution < 1.29 is 33.4 Å². The molecular formula is C34H33FN2O6. The van der Waals surface area contributed by atoms with Gasteiger partial charge in [0.2, 0.25) is 11.8 Å². The van der Waals surface area contributed by atoms with Gasteiger partial charge in [-0.2, -0.15) is 0 Å². The van der Waals surface area contributed by atoms with Crippen molar-refractivity contribution in [1.29, 1.82) is 0 Å². The fourth-order valence-corrected chi connectivity index (χ4v) is 4.40. The number of ether oxygens (including phenoxy) is 2. The summed E-state index contributed by atoms with van der Waals surface area (Å²) in [6.45, 7) is 1.85. The zero-order valence-corrected chi connectivity index (χ0v) is 23.7. The average molecular weight is 585 g/mol. The molecule has 4 aromatic rings. The Hall–Kier alpha value is -5.18. The van der Waals surface area contributed by atoms with Crippen molar-refractivity contribution in [3.8, 4) is 11.5 Å². The number of hydrogen-bond acceptors (Lipinski definition) is 5. The van der Waals surface area contributed by atoms with Crippen LogP contribution in [-0.4, -0.2) is 35.0 Å². The van der Waals surface area contributed by atoms with E-state index in [0.717, 1.165) is 11.1 Å². The van der Waals surface area contributed by atoms with Crippen molar-refractivity contribution in [1.82, 2.24) is 10.6 Å². The normalized spacial score (nSPS) is 12.0. The molecule has 0 aromatic heterocycles. The number of nitrogens with one attached hydrogen (secondary N) is 2. The summed E-state index contributed by atoms with van der Waals surface area (Å²) >= 11 is 0. The van der Waals surface area contributed by atoms with Crippen molar-refractivity contribution in [2.75, 3.05) is 0 Å². The van der Waals surface area contributed by atoms with Gasteiger partial charge in [-0.3, -0.25) is 9.59 Å². The molecule has 2 atom stereocenters. The van der Waals surface area contributed by atoms with Crippen molar-refractivity contribution in [3.63, 3.8) is 0 Å². The van der Waals surface area contributed by atoms with Gasteiger partial charge >= 0.3 is 5.97 Å². The first-order chi connectivity index (χ1) is 20.8. The summed E-state index contributed by atoms with van der Waals surface area (Å²) < 4.78 is 25.5. The van der Waals surface area contributed by atoms with Gasteiger partial charge in [-0.25, -0.2) is 9.18 Å². The van der Waals surface area contributed by atoms with Gasteiger partial charge in [-0.15, -0.1) is 0 Å². The van der Waals surface area contributed by atoms with Crippen LogP contribution in [0.25, 0.3) is 0 Å². The number of carbonyl (C=O) groups is 3. The first-order valence-corrected chi connectivity index (χ1v) is 13.8. The zero-order valence-electron chi connectivity index (χ0n) is 23.7. The van der Waals surface area contributed by atoms with Crippen LogP contribution in [0.4, 0.5) is 4.39 Å². The van der Waals surface area contributed by atoms with E-state index in [1.165, 1.54) is 31.2 Å². The van der Waals surface area contributed by atoms with Gasteiger partial charge in [0.1, 0.15) is 31.1 Å². The average Bonchev–Trinajstić information content (AvgIpc) is 3.00. The predicted molar refractivity (Wildman–Crippen MR) is 159 cm³/mol. The topological polar surface area (TPSA) is 114 Å². The van der Waals surface area contributed by atoms with Crippen molar-refractivity contribution in [2.24, 2.45) is 0 Å². The van der Waals surface area contributed by atoms with Crippen molar-refractivity contribution in [2.45, 2.75) is 45.1 Å². The number of hydrogen-bond donors (Lipinski definition) is 3. The molecule has 4 aromatic carbocycles. The second-order valence-corrected chi connectivity index (χ2v) is 10.0. The van der Waals surface area contributed by atoms with E-state index >= 15 is 0 Å². The molecule has 0 aliphatic carbocycles. The van der Waals surface area contributed by atoms with Gasteiger partial charge in [-0.05, 0) is 46.5 Å². The van der Waals surface area contributed by atoms with E-state index in [4.69, 9.17) is 9.47 Å². The molecule has 43 heavy (non-hydrogen) atoms. The fraction of sp³-hybridized carbons (Fsp3) is 0.206. The van der Waals surface area contributed by atoms with E-state index in [1.807, 2.05) is 60.7 Å². The monoisotopic (exact) mass is 584 g/mol. The minimum atomic E-state index is -1.30. The zero-order chi connectivity index (χ0) is 30.6. The molecule has 0 spiro atoms. The highest BCUT2D eigenvalue weighted by atomic mass is 19.1. The highest BCUT2D eigenvalue weighted by molar-refractivity contribution is 5.90. The molecule has 9 heteroatoms. The largest absolute Gasteiger partial charge is 0.485 e. The number of halogens is 1. The van der Waals surface area contributed by atoms with Crippen LogP contribution < -0.4 is 20.1 Å². The Morgan fingerprint density at radius 2 is 1.21 bits per heavy atom. The van der Waals surface area contributed by atoms with Crippen LogP contribution in [0.2, 0.25) is 0 Å².